The number of hydrogen-bond donors (Lipinski definition) is 0. The van der Waals surface area contributed by atoms with Gasteiger partial charge in [0.25, 0.3) is 0 Å². The van der Waals surface area contributed by atoms with Gasteiger partial charge in [-0.2, -0.15) is 0 Å². The van der Waals surface area contributed by atoms with Crippen LogP contribution in [0.1, 0.15) is 104 Å². The van der Waals surface area contributed by atoms with Crippen LogP contribution in [-0.4, -0.2) is 24.5 Å². The van der Waals surface area contributed by atoms with Crippen molar-refractivity contribution in [2.45, 2.75) is 110 Å². The summed E-state index contributed by atoms with van der Waals surface area (Å²) in [5.41, 5.74) is 0. The average molecular weight is 296 g/mol. The fourth-order valence-electron chi connectivity index (χ4n) is 3.88. The predicted molar refractivity (Wildman–Crippen MR) is 95.9 cm³/mol. The van der Waals surface area contributed by atoms with Gasteiger partial charge in [0.2, 0.25) is 0 Å². The topological polar surface area (TPSA) is 3.24 Å². The zero-order valence-corrected chi connectivity index (χ0v) is 15.2. The van der Waals surface area contributed by atoms with Crippen LogP contribution in [0.4, 0.5) is 0 Å². The quantitative estimate of drug-likeness (QED) is 0.376. The monoisotopic (exact) mass is 295 g/mol. The van der Waals surface area contributed by atoms with Crippen LogP contribution in [0.5, 0.6) is 0 Å². The Labute approximate surface area is 134 Å². The van der Waals surface area contributed by atoms with Crippen LogP contribution >= 0.6 is 0 Å². The molecule has 21 heavy (non-hydrogen) atoms. The number of unbranched alkanes of at least 4 members (excludes halogenated alkanes) is 7. The van der Waals surface area contributed by atoms with E-state index in [-0.39, 0.29) is 0 Å². The van der Waals surface area contributed by atoms with Crippen molar-refractivity contribution in [3.63, 3.8) is 0 Å². The first-order valence-electron chi connectivity index (χ1n) is 9.94. The lowest BCUT2D eigenvalue weighted by molar-refractivity contribution is 0.166. The summed E-state index contributed by atoms with van der Waals surface area (Å²) in [5, 5.41) is 0. The van der Waals surface area contributed by atoms with Gasteiger partial charge < -0.3 is 4.90 Å². The van der Waals surface area contributed by atoms with Crippen LogP contribution in [0, 0.1) is 5.92 Å². The summed E-state index contributed by atoms with van der Waals surface area (Å²) in [6, 6.07) is 0.889. The minimum Gasteiger partial charge on any atom is -0.303 e. The molecule has 0 N–H and O–H groups in total. The summed E-state index contributed by atoms with van der Waals surface area (Å²) in [6.07, 6.45) is 20.3. The molecular formula is C20H41N. The van der Waals surface area contributed by atoms with Crippen LogP contribution < -0.4 is 0 Å². The van der Waals surface area contributed by atoms with E-state index in [2.05, 4.69) is 25.8 Å². The van der Waals surface area contributed by atoms with Crippen molar-refractivity contribution in [3.05, 3.63) is 0 Å². The Morgan fingerprint density at radius 1 is 0.857 bits per heavy atom. The zero-order chi connectivity index (χ0) is 15.3. The van der Waals surface area contributed by atoms with Crippen LogP contribution in [0.15, 0.2) is 0 Å². The third-order valence-electron chi connectivity index (χ3n) is 5.35. The molecule has 1 atom stereocenters. The van der Waals surface area contributed by atoms with Crippen molar-refractivity contribution in [3.8, 4) is 0 Å². The highest BCUT2D eigenvalue weighted by Crippen LogP contribution is 2.23. The standard InChI is InChI=1S/C20H41N/c1-4-5-6-7-8-9-10-12-15-19(2)18-21(3)20-16-13-11-14-17-20/h19-20H,4-18H2,1-3H3. The largest absolute Gasteiger partial charge is 0.303 e. The maximum absolute atomic E-state index is 2.66. The zero-order valence-electron chi connectivity index (χ0n) is 15.2. The maximum atomic E-state index is 2.66. The first-order valence-corrected chi connectivity index (χ1v) is 9.94. The van der Waals surface area contributed by atoms with E-state index >= 15 is 0 Å². The molecule has 1 saturated carbocycles. The first kappa shape index (κ1) is 19.0. The predicted octanol–water partition coefficient (Wildman–Crippen LogP) is 6.42. The Kier molecular flexibility index (Phi) is 11.3. The minimum absolute atomic E-state index is 0.886. The number of hydrogen-bond acceptors (Lipinski definition) is 1. The van der Waals surface area contributed by atoms with Crippen LogP contribution in [0.25, 0.3) is 0 Å². The molecule has 1 unspecified atom stereocenters. The third kappa shape index (κ3) is 9.55. The molecule has 1 fully saturated rings. The second-order valence-electron chi connectivity index (χ2n) is 7.60. The molecule has 0 saturated heterocycles. The van der Waals surface area contributed by atoms with E-state index in [0.29, 0.717) is 0 Å². The second-order valence-corrected chi connectivity index (χ2v) is 7.60. The van der Waals surface area contributed by atoms with Crippen LogP contribution in [-0.2, 0) is 0 Å². The molecule has 126 valence electrons. The van der Waals surface area contributed by atoms with Crippen molar-refractivity contribution < 1.29 is 0 Å². The normalized spacial score (nSPS) is 18.3. The molecule has 1 aliphatic carbocycles. The van der Waals surface area contributed by atoms with E-state index < -0.39 is 0 Å². The molecule has 1 aliphatic rings. The van der Waals surface area contributed by atoms with Gasteiger partial charge in [-0.25, -0.2) is 0 Å². The van der Waals surface area contributed by atoms with Crippen molar-refractivity contribution in [1.29, 1.82) is 0 Å². The first-order chi connectivity index (χ1) is 10.2. The van der Waals surface area contributed by atoms with Gasteiger partial charge in [0.15, 0.2) is 0 Å². The lowest BCUT2D eigenvalue weighted by atomic mass is 9.93. The maximum Gasteiger partial charge on any atom is 0.00923 e. The fraction of sp³-hybridized carbons (Fsp3) is 1.00. The lowest BCUT2D eigenvalue weighted by Crippen LogP contribution is -2.36. The van der Waals surface area contributed by atoms with E-state index in [1.54, 1.807) is 0 Å². The average Bonchev–Trinajstić information content (AvgIpc) is 2.50. The number of rotatable bonds is 12. The highest BCUT2D eigenvalue weighted by atomic mass is 15.1. The highest BCUT2D eigenvalue weighted by Gasteiger charge is 2.19. The smallest absolute Gasteiger partial charge is 0.00923 e. The number of nitrogens with zero attached hydrogens (tertiary/aromatic N) is 1. The van der Waals surface area contributed by atoms with E-state index in [4.69, 9.17) is 0 Å². The molecule has 0 aromatic heterocycles. The molecule has 1 heteroatoms. The van der Waals surface area contributed by atoms with E-state index in [9.17, 15) is 0 Å². The lowest BCUT2D eigenvalue weighted by Gasteiger charge is -2.33. The van der Waals surface area contributed by atoms with Crippen LogP contribution in [0.3, 0.4) is 0 Å². The Morgan fingerprint density at radius 3 is 2.05 bits per heavy atom. The highest BCUT2D eigenvalue weighted by molar-refractivity contribution is 4.74. The molecular weight excluding hydrogens is 254 g/mol. The van der Waals surface area contributed by atoms with Gasteiger partial charge in [-0.05, 0) is 32.2 Å². The molecule has 1 rings (SSSR count). The summed E-state index contributed by atoms with van der Waals surface area (Å²) in [6.45, 7) is 6.08. The minimum atomic E-state index is 0.886. The Hall–Kier alpha value is -0.0400. The van der Waals surface area contributed by atoms with Gasteiger partial charge in [0, 0.05) is 12.6 Å². The fourth-order valence-corrected chi connectivity index (χ4v) is 3.88. The van der Waals surface area contributed by atoms with Gasteiger partial charge in [0.05, 0.1) is 0 Å². The van der Waals surface area contributed by atoms with Gasteiger partial charge in [-0.3, -0.25) is 0 Å². The summed E-state index contributed by atoms with van der Waals surface area (Å²) >= 11 is 0. The van der Waals surface area contributed by atoms with Gasteiger partial charge in [-0.1, -0.05) is 84.5 Å². The summed E-state index contributed by atoms with van der Waals surface area (Å²) < 4.78 is 0. The SMILES string of the molecule is CCCCCCCCCCC(C)CN(C)C1CCCCC1. The Balaban J connectivity index is 1.94. The summed E-state index contributed by atoms with van der Waals surface area (Å²) in [5.74, 6) is 0.886. The summed E-state index contributed by atoms with van der Waals surface area (Å²) in [7, 11) is 2.36. The molecule has 0 aromatic rings. The van der Waals surface area contributed by atoms with Crippen molar-refractivity contribution in [1.82, 2.24) is 4.90 Å². The van der Waals surface area contributed by atoms with Crippen molar-refractivity contribution >= 4 is 0 Å². The van der Waals surface area contributed by atoms with Crippen molar-refractivity contribution in [2.75, 3.05) is 13.6 Å². The van der Waals surface area contributed by atoms with E-state index in [1.807, 2.05) is 0 Å². The Morgan fingerprint density at radius 2 is 1.43 bits per heavy atom. The van der Waals surface area contributed by atoms with Gasteiger partial charge in [0.1, 0.15) is 0 Å². The van der Waals surface area contributed by atoms with E-state index in [1.165, 1.54) is 96.4 Å². The van der Waals surface area contributed by atoms with Crippen molar-refractivity contribution in [2.24, 2.45) is 5.92 Å². The van der Waals surface area contributed by atoms with Crippen LogP contribution in [0.2, 0.25) is 0 Å². The summed E-state index contributed by atoms with van der Waals surface area (Å²) in [4.78, 5) is 2.66. The molecule has 0 radical (unpaired) electrons. The molecule has 0 spiro atoms. The molecule has 0 heterocycles. The molecule has 0 bridgehead atoms. The molecule has 1 nitrogen and oxygen atoms in total. The second kappa shape index (κ2) is 12.5. The molecule has 0 amide bonds. The molecule has 0 aliphatic heterocycles. The third-order valence-corrected chi connectivity index (χ3v) is 5.35. The Bertz CT molecular complexity index is 220. The van der Waals surface area contributed by atoms with Gasteiger partial charge in [-0.15, -0.1) is 0 Å². The molecule has 0 aromatic carbocycles. The van der Waals surface area contributed by atoms with Gasteiger partial charge >= 0.3 is 0 Å². The van der Waals surface area contributed by atoms with E-state index in [0.717, 1.165) is 12.0 Å².